The summed E-state index contributed by atoms with van der Waals surface area (Å²) < 4.78 is 30.3. The summed E-state index contributed by atoms with van der Waals surface area (Å²) in [4.78, 5) is 38.4. The Kier molecular flexibility index (Phi) is 9.88. The van der Waals surface area contributed by atoms with E-state index in [4.69, 9.17) is 14.2 Å². The highest BCUT2D eigenvalue weighted by Crippen LogP contribution is 2.39. The zero-order valence-electron chi connectivity index (χ0n) is 21.8. The second-order valence-corrected chi connectivity index (χ2v) is 10.7. The number of nitrogens with one attached hydrogen (secondary N) is 2. The van der Waals surface area contributed by atoms with E-state index in [0.717, 1.165) is 41.7 Å². The number of thiophene rings is 1. The van der Waals surface area contributed by atoms with Crippen LogP contribution < -0.4 is 20.2 Å². The summed E-state index contributed by atoms with van der Waals surface area (Å²) in [5.41, 5.74) is 4.72. The first-order valence-corrected chi connectivity index (χ1v) is 14.1. The molecule has 1 aromatic heterocycles. The maximum atomic E-state index is 13.2. The van der Waals surface area contributed by atoms with E-state index in [9.17, 15) is 18.8 Å². The normalized spacial score (nSPS) is 12.5. The van der Waals surface area contributed by atoms with Crippen LogP contribution >= 0.6 is 27.3 Å². The summed E-state index contributed by atoms with van der Waals surface area (Å²) in [7, 11) is 1.28. The van der Waals surface area contributed by atoms with Crippen molar-refractivity contribution in [2.75, 3.05) is 19.0 Å². The Balaban J connectivity index is 1.42. The third-order valence-corrected chi connectivity index (χ3v) is 7.80. The molecule has 1 aliphatic carbocycles. The number of hydrazone groups is 1. The second kappa shape index (κ2) is 13.5. The molecule has 0 atom stereocenters. The number of hydrogen-bond acceptors (Lipinski definition) is 8. The minimum atomic E-state index is -0.998. The number of benzene rings is 2. The maximum absolute atomic E-state index is 13.2. The monoisotopic (exact) mass is 631 g/mol. The molecule has 1 aliphatic rings. The summed E-state index contributed by atoms with van der Waals surface area (Å²) in [5, 5.41) is 6.72. The Morgan fingerprint density at radius 1 is 1.10 bits per heavy atom. The highest BCUT2D eigenvalue weighted by atomic mass is 79.9. The molecule has 0 saturated carbocycles. The Labute approximate surface area is 242 Å². The van der Waals surface area contributed by atoms with E-state index in [1.54, 1.807) is 24.3 Å². The van der Waals surface area contributed by atoms with E-state index < -0.39 is 17.8 Å². The summed E-state index contributed by atoms with van der Waals surface area (Å²) in [6.07, 6.45) is 4.83. The molecule has 2 N–H and O–H groups in total. The average molecular weight is 633 g/mol. The van der Waals surface area contributed by atoms with Gasteiger partial charge in [-0.3, -0.25) is 9.59 Å². The molecular weight excluding hydrogens is 605 g/mol. The minimum Gasteiger partial charge on any atom is -0.490 e. The molecule has 1 heterocycles. The Bertz CT molecular complexity index is 1440. The van der Waals surface area contributed by atoms with E-state index in [2.05, 4.69) is 31.8 Å². The van der Waals surface area contributed by atoms with E-state index in [0.29, 0.717) is 38.7 Å². The van der Waals surface area contributed by atoms with Crippen LogP contribution in [0.5, 0.6) is 11.5 Å². The topological polar surface area (TPSA) is 115 Å². The fraction of sp³-hybridized carbons (Fsp3) is 0.286. The van der Waals surface area contributed by atoms with Crippen molar-refractivity contribution < 1.29 is 33.0 Å². The second-order valence-electron chi connectivity index (χ2n) is 8.74. The molecule has 0 fully saturated rings. The van der Waals surface area contributed by atoms with E-state index in [1.165, 1.54) is 36.8 Å². The van der Waals surface area contributed by atoms with E-state index in [-0.39, 0.29) is 12.4 Å². The van der Waals surface area contributed by atoms with Gasteiger partial charge >= 0.3 is 17.8 Å². The van der Waals surface area contributed by atoms with Crippen LogP contribution in [0.25, 0.3) is 0 Å². The van der Waals surface area contributed by atoms with Gasteiger partial charge in [-0.15, -0.1) is 11.3 Å². The first-order chi connectivity index (χ1) is 19.3. The van der Waals surface area contributed by atoms with Crippen LogP contribution in [-0.4, -0.2) is 37.7 Å². The van der Waals surface area contributed by atoms with Gasteiger partial charge in [-0.1, -0.05) is 12.1 Å². The fourth-order valence-electron chi connectivity index (χ4n) is 4.15. The van der Waals surface area contributed by atoms with Gasteiger partial charge in [0.2, 0.25) is 0 Å². The Hall–Kier alpha value is -3.77. The molecule has 3 aromatic rings. The number of methoxy groups -OCH3 is 1. The molecule has 0 bridgehead atoms. The van der Waals surface area contributed by atoms with Crippen molar-refractivity contribution in [3.63, 3.8) is 0 Å². The lowest BCUT2D eigenvalue weighted by atomic mass is 9.95. The highest BCUT2D eigenvalue weighted by Gasteiger charge is 2.28. The molecule has 0 saturated heterocycles. The molecule has 0 aliphatic heterocycles. The zero-order chi connectivity index (χ0) is 28.6. The predicted molar refractivity (Wildman–Crippen MR) is 153 cm³/mol. The van der Waals surface area contributed by atoms with Crippen LogP contribution in [0.3, 0.4) is 0 Å². The van der Waals surface area contributed by atoms with E-state index >= 15 is 0 Å². The van der Waals surface area contributed by atoms with Crippen molar-refractivity contribution in [2.24, 2.45) is 5.10 Å². The highest BCUT2D eigenvalue weighted by molar-refractivity contribution is 9.10. The first kappa shape index (κ1) is 29.2. The summed E-state index contributed by atoms with van der Waals surface area (Å²) in [6.45, 7) is 2.39. The smallest absolute Gasteiger partial charge is 0.341 e. The lowest BCUT2D eigenvalue weighted by Crippen LogP contribution is -2.32. The predicted octanol–water partition coefficient (Wildman–Crippen LogP) is 5.38. The third kappa shape index (κ3) is 7.05. The van der Waals surface area contributed by atoms with Crippen LogP contribution in [-0.2, 0) is 33.8 Å². The largest absolute Gasteiger partial charge is 0.490 e. The van der Waals surface area contributed by atoms with Gasteiger partial charge < -0.3 is 19.5 Å². The summed E-state index contributed by atoms with van der Waals surface area (Å²) in [6, 6.07) is 9.35. The number of esters is 1. The first-order valence-electron chi connectivity index (χ1n) is 12.5. The van der Waals surface area contributed by atoms with Crippen molar-refractivity contribution in [3.8, 4) is 11.5 Å². The van der Waals surface area contributed by atoms with Crippen LogP contribution in [0.1, 0.15) is 51.7 Å². The molecule has 9 nitrogen and oxygen atoms in total. The maximum Gasteiger partial charge on any atom is 0.341 e. The molecular formula is C28H27BrFN3O6S. The van der Waals surface area contributed by atoms with Gasteiger partial charge in [0.15, 0.2) is 11.5 Å². The number of hydrogen-bond donors (Lipinski definition) is 2. The van der Waals surface area contributed by atoms with Crippen LogP contribution in [0.2, 0.25) is 0 Å². The van der Waals surface area contributed by atoms with Crippen molar-refractivity contribution in [2.45, 2.75) is 39.2 Å². The van der Waals surface area contributed by atoms with Gasteiger partial charge in [-0.05, 0) is 89.5 Å². The fourth-order valence-corrected chi connectivity index (χ4v) is 6.00. The molecule has 210 valence electrons. The van der Waals surface area contributed by atoms with Crippen molar-refractivity contribution in [1.29, 1.82) is 0 Å². The van der Waals surface area contributed by atoms with Gasteiger partial charge in [-0.25, -0.2) is 14.6 Å². The quantitative estimate of drug-likeness (QED) is 0.142. The van der Waals surface area contributed by atoms with E-state index in [1.807, 2.05) is 6.92 Å². The Morgan fingerprint density at radius 3 is 2.58 bits per heavy atom. The van der Waals surface area contributed by atoms with Crippen LogP contribution in [0.15, 0.2) is 46.0 Å². The van der Waals surface area contributed by atoms with Gasteiger partial charge in [0.05, 0.1) is 30.0 Å². The van der Waals surface area contributed by atoms with Gasteiger partial charge in [0, 0.05) is 4.88 Å². The number of carbonyl (C=O) groups excluding carboxylic acids is 3. The number of nitrogens with zero attached hydrogens (tertiary/aromatic N) is 1. The van der Waals surface area contributed by atoms with Gasteiger partial charge in [0.1, 0.15) is 17.4 Å². The SMILES string of the molecule is CCOc1cc(/C=N/NC(=O)C(=O)Nc2sc3c(c2C(=O)OC)CCCC3)cc(Br)c1OCc1ccc(F)cc1. The third-order valence-electron chi connectivity index (χ3n) is 6.00. The van der Waals surface area contributed by atoms with Crippen molar-refractivity contribution in [3.05, 3.63) is 73.8 Å². The van der Waals surface area contributed by atoms with Crippen molar-refractivity contribution >= 4 is 56.3 Å². The zero-order valence-corrected chi connectivity index (χ0v) is 24.2. The summed E-state index contributed by atoms with van der Waals surface area (Å²) in [5.74, 6) is -1.95. The number of carbonyl (C=O) groups is 3. The molecule has 2 amide bonds. The van der Waals surface area contributed by atoms with Crippen molar-refractivity contribution in [1.82, 2.24) is 5.43 Å². The lowest BCUT2D eigenvalue weighted by Gasteiger charge is -2.14. The lowest BCUT2D eigenvalue weighted by molar-refractivity contribution is -0.136. The van der Waals surface area contributed by atoms with Crippen LogP contribution in [0.4, 0.5) is 9.39 Å². The molecule has 0 spiro atoms. The van der Waals surface area contributed by atoms with Gasteiger partial charge in [0.25, 0.3) is 0 Å². The molecule has 40 heavy (non-hydrogen) atoms. The Morgan fingerprint density at radius 2 is 1.85 bits per heavy atom. The molecule has 2 aromatic carbocycles. The number of aryl methyl sites for hydroxylation is 1. The average Bonchev–Trinajstić information content (AvgIpc) is 3.31. The number of rotatable bonds is 9. The number of halogens is 2. The molecule has 0 unspecified atom stereocenters. The number of fused-ring (bicyclic) bond motifs is 1. The van der Waals surface area contributed by atoms with Gasteiger partial charge in [-0.2, -0.15) is 5.10 Å². The number of anilines is 1. The van der Waals surface area contributed by atoms with Crippen LogP contribution in [0, 0.1) is 5.82 Å². The summed E-state index contributed by atoms with van der Waals surface area (Å²) >= 11 is 4.75. The molecule has 0 radical (unpaired) electrons. The minimum absolute atomic E-state index is 0.197. The molecule has 12 heteroatoms. The number of amides is 2. The number of ether oxygens (including phenoxy) is 3. The molecule has 4 rings (SSSR count). The standard InChI is InChI=1S/C28H27BrFN3O6S/c1-3-38-21-13-17(12-20(29)24(21)39-15-16-8-10-18(30)11-9-16)14-31-33-26(35)25(34)32-27-23(28(36)37-2)19-6-4-5-7-22(19)40-27/h8-14H,3-7,15H2,1-2H3,(H,32,34)(H,33,35)/b31-14+.